The van der Waals surface area contributed by atoms with Crippen LogP contribution in [0.4, 0.5) is 11.4 Å². The molecule has 0 spiro atoms. The van der Waals surface area contributed by atoms with Gasteiger partial charge >= 0.3 is 0 Å². The van der Waals surface area contributed by atoms with Crippen LogP contribution in [-0.2, 0) is 14.4 Å². The van der Waals surface area contributed by atoms with Gasteiger partial charge in [-0.2, -0.15) is 0 Å². The molecule has 13 nitrogen and oxygen atoms in total. The molecule has 0 aromatic heterocycles. The number of nitro benzene ring substituents is 1. The van der Waals surface area contributed by atoms with E-state index in [9.17, 15) is 24.5 Å². The molecule has 32 heavy (non-hydrogen) atoms. The van der Waals surface area contributed by atoms with Gasteiger partial charge in [0.25, 0.3) is 5.69 Å². The summed E-state index contributed by atoms with van der Waals surface area (Å²) >= 11 is 0. The molecule has 1 rings (SSSR count). The van der Waals surface area contributed by atoms with Crippen molar-refractivity contribution in [3.05, 3.63) is 34.4 Å². The highest BCUT2D eigenvalue weighted by Crippen LogP contribution is 2.16. The van der Waals surface area contributed by atoms with E-state index in [0.29, 0.717) is 18.7 Å². The third-order valence-electron chi connectivity index (χ3n) is 4.43. The molecule has 176 valence electrons. The standard InChI is InChI=1S/C19H30N8O5/c1-11(2)16(20)18(30)24-10-15(28)26-14(4-3-9-23-19(21)22)17(29)25-12-5-7-13(8-6-12)27(31)32/h5-8,11,14,16H,3-4,9-10,20H2,1-2H3,(H,24,30)(H,25,29)(H,26,28)(H4,21,22,23)/t14-,16-/m0/s1. The summed E-state index contributed by atoms with van der Waals surface area (Å²) in [6, 6.07) is 3.52. The maximum Gasteiger partial charge on any atom is 0.269 e. The molecule has 0 aliphatic heterocycles. The molecule has 13 heteroatoms. The summed E-state index contributed by atoms with van der Waals surface area (Å²) in [5, 5.41) is 28.1. The summed E-state index contributed by atoms with van der Waals surface area (Å²) in [5.41, 5.74) is 11.1. The van der Waals surface area contributed by atoms with Gasteiger partial charge in [0.05, 0.1) is 17.5 Å². The van der Waals surface area contributed by atoms with Crippen molar-refractivity contribution in [2.75, 3.05) is 18.4 Å². The van der Waals surface area contributed by atoms with Crippen molar-refractivity contribution in [1.82, 2.24) is 16.0 Å². The third-order valence-corrected chi connectivity index (χ3v) is 4.43. The molecule has 9 N–H and O–H groups in total. The maximum absolute atomic E-state index is 12.7. The first-order valence-corrected chi connectivity index (χ1v) is 9.97. The number of benzene rings is 1. The van der Waals surface area contributed by atoms with Crippen molar-refractivity contribution in [3.8, 4) is 0 Å². The van der Waals surface area contributed by atoms with E-state index in [1.807, 2.05) is 0 Å². The van der Waals surface area contributed by atoms with Crippen LogP contribution < -0.4 is 32.7 Å². The number of hydrogen-bond donors (Lipinski definition) is 7. The summed E-state index contributed by atoms with van der Waals surface area (Å²) in [6.45, 7) is 3.51. The van der Waals surface area contributed by atoms with Crippen LogP contribution in [0.25, 0.3) is 0 Å². The van der Waals surface area contributed by atoms with Crippen LogP contribution in [0.15, 0.2) is 24.3 Å². The Labute approximate surface area is 185 Å². The van der Waals surface area contributed by atoms with E-state index in [0.717, 1.165) is 0 Å². The number of nitrogens with two attached hydrogens (primary N) is 2. The lowest BCUT2D eigenvalue weighted by atomic mass is 10.1. The van der Waals surface area contributed by atoms with Crippen LogP contribution >= 0.6 is 0 Å². The van der Waals surface area contributed by atoms with Crippen molar-refractivity contribution in [1.29, 1.82) is 5.41 Å². The molecule has 0 saturated carbocycles. The normalized spacial score (nSPS) is 12.4. The highest BCUT2D eigenvalue weighted by molar-refractivity contribution is 5.98. The minimum Gasteiger partial charge on any atom is -0.370 e. The Balaban J connectivity index is 2.74. The van der Waals surface area contributed by atoms with Crippen LogP contribution in [0.1, 0.15) is 26.7 Å². The van der Waals surface area contributed by atoms with Gasteiger partial charge in [0.1, 0.15) is 6.04 Å². The fraction of sp³-hybridized carbons (Fsp3) is 0.474. The predicted octanol–water partition coefficient (Wildman–Crippen LogP) is -0.619. The number of amides is 3. The van der Waals surface area contributed by atoms with E-state index in [1.165, 1.54) is 24.3 Å². The van der Waals surface area contributed by atoms with Gasteiger partial charge in [-0.05, 0) is 30.9 Å². The highest BCUT2D eigenvalue weighted by atomic mass is 16.6. The fourth-order valence-electron chi connectivity index (χ4n) is 2.53. The number of carbonyl (C=O) groups is 3. The van der Waals surface area contributed by atoms with Crippen LogP contribution in [0.3, 0.4) is 0 Å². The minimum absolute atomic E-state index is 0.105. The van der Waals surface area contributed by atoms with Gasteiger partial charge in [-0.3, -0.25) is 29.9 Å². The second kappa shape index (κ2) is 12.8. The molecular weight excluding hydrogens is 420 g/mol. The number of nitrogens with one attached hydrogen (secondary N) is 5. The molecule has 1 aromatic carbocycles. The predicted molar refractivity (Wildman–Crippen MR) is 119 cm³/mol. The van der Waals surface area contributed by atoms with Crippen molar-refractivity contribution in [2.24, 2.45) is 17.4 Å². The van der Waals surface area contributed by atoms with E-state index >= 15 is 0 Å². The van der Waals surface area contributed by atoms with Gasteiger partial charge < -0.3 is 32.7 Å². The van der Waals surface area contributed by atoms with Crippen LogP contribution in [0.2, 0.25) is 0 Å². The zero-order chi connectivity index (χ0) is 24.3. The van der Waals surface area contributed by atoms with Gasteiger partial charge in [0.2, 0.25) is 17.7 Å². The highest BCUT2D eigenvalue weighted by Gasteiger charge is 2.22. The van der Waals surface area contributed by atoms with Crippen molar-refractivity contribution < 1.29 is 19.3 Å². The van der Waals surface area contributed by atoms with Gasteiger partial charge in [-0.25, -0.2) is 0 Å². The Morgan fingerprint density at radius 1 is 1.12 bits per heavy atom. The van der Waals surface area contributed by atoms with Crippen LogP contribution in [-0.4, -0.2) is 53.8 Å². The summed E-state index contributed by atoms with van der Waals surface area (Å²) < 4.78 is 0. The zero-order valence-electron chi connectivity index (χ0n) is 18.0. The number of rotatable bonds is 12. The molecule has 3 amide bonds. The third kappa shape index (κ3) is 9.38. The molecule has 2 atom stereocenters. The quantitative estimate of drug-likeness (QED) is 0.0713. The molecule has 0 unspecified atom stereocenters. The molecule has 0 bridgehead atoms. The molecule has 0 fully saturated rings. The maximum atomic E-state index is 12.7. The van der Waals surface area contributed by atoms with E-state index in [1.54, 1.807) is 13.8 Å². The van der Waals surface area contributed by atoms with E-state index in [4.69, 9.17) is 16.9 Å². The van der Waals surface area contributed by atoms with Crippen molar-refractivity contribution >= 4 is 35.1 Å². The first kappa shape index (κ1) is 26.3. The van der Waals surface area contributed by atoms with Gasteiger partial charge in [-0.1, -0.05) is 13.8 Å². The number of non-ortho nitro benzene ring substituents is 1. The first-order valence-electron chi connectivity index (χ1n) is 9.97. The summed E-state index contributed by atoms with van der Waals surface area (Å²) in [4.78, 5) is 47.1. The SMILES string of the molecule is CC(C)[C@H](N)C(=O)NCC(=O)N[C@@H](CCCNC(=N)N)C(=O)Nc1ccc([N+](=O)[O-])cc1. The first-order chi connectivity index (χ1) is 15.0. The number of anilines is 1. The molecule has 0 saturated heterocycles. The second-order valence-corrected chi connectivity index (χ2v) is 7.38. The Bertz CT molecular complexity index is 828. The Morgan fingerprint density at radius 2 is 1.75 bits per heavy atom. The van der Waals surface area contributed by atoms with Gasteiger partial charge in [0, 0.05) is 24.4 Å². The summed E-state index contributed by atoms with van der Waals surface area (Å²) in [7, 11) is 0. The monoisotopic (exact) mass is 450 g/mol. The molecular formula is C19H30N8O5. The van der Waals surface area contributed by atoms with E-state index in [2.05, 4.69) is 21.3 Å². The Kier molecular flexibility index (Phi) is 10.6. The van der Waals surface area contributed by atoms with Crippen molar-refractivity contribution in [2.45, 2.75) is 38.8 Å². The minimum atomic E-state index is -0.956. The molecule has 1 aromatic rings. The lowest BCUT2D eigenvalue weighted by Crippen LogP contribution is -2.50. The lowest BCUT2D eigenvalue weighted by molar-refractivity contribution is -0.384. The molecule has 0 radical (unpaired) electrons. The fourth-order valence-corrected chi connectivity index (χ4v) is 2.53. The summed E-state index contributed by atoms with van der Waals surface area (Å²) in [5.74, 6) is -1.93. The topological polar surface area (TPSA) is 218 Å². The Morgan fingerprint density at radius 3 is 2.28 bits per heavy atom. The average molecular weight is 451 g/mol. The smallest absolute Gasteiger partial charge is 0.269 e. The molecule has 0 heterocycles. The number of hydrogen-bond acceptors (Lipinski definition) is 7. The summed E-state index contributed by atoms with van der Waals surface area (Å²) in [6.07, 6.45) is 0.618. The zero-order valence-corrected chi connectivity index (χ0v) is 18.0. The largest absolute Gasteiger partial charge is 0.370 e. The Hall–Kier alpha value is -3.74. The van der Waals surface area contributed by atoms with E-state index in [-0.39, 0.29) is 30.5 Å². The number of nitro groups is 1. The number of nitrogens with zero attached hydrogens (tertiary/aromatic N) is 1. The van der Waals surface area contributed by atoms with Crippen molar-refractivity contribution in [3.63, 3.8) is 0 Å². The van der Waals surface area contributed by atoms with Gasteiger partial charge in [-0.15, -0.1) is 0 Å². The van der Waals surface area contributed by atoms with Crippen LogP contribution in [0.5, 0.6) is 0 Å². The second-order valence-electron chi connectivity index (χ2n) is 7.38. The number of carbonyl (C=O) groups excluding carboxylic acids is 3. The van der Waals surface area contributed by atoms with Crippen LogP contribution in [0, 0.1) is 21.4 Å². The number of guanidine groups is 1. The average Bonchev–Trinajstić information content (AvgIpc) is 2.73. The lowest BCUT2D eigenvalue weighted by Gasteiger charge is -2.20. The van der Waals surface area contributed by atoms with E-state index < -0.39 is 34.7 Å². The molecule has 0 aliphatic rings. The van der Waals surface area contributed by atoms with Gasteiger partial charge in [0.15, 0.2) is 5.96 Å². The molecule has 0 aliphatic carbocycles.